The van der Waals surface area contributed by atoms with E-state index in [0.29, 0.717) is 12.0 Å². The zero-order valence-electron chi connectivity index (χ0n) is 7.94. The summed E-state index contributed by atoms with van der Waals surface area (Å²) in [5.41, 5.74) is 7.21. The van der Waals surface area contributed by atoms with Crippen LogP contribution in [0.5, 0.6) is 0 Å². The standard InChI is InChI=1S/C10H16N2S/c1-12-4-2-8(6-11)10(12)9-3-5-13-7-9/h3,5,7-8,10H,2,4,6,11H2,1H3. The predicted octanol–water partition coefficient (Wildman–Crippen LogP) is 1.70. The van der Waals surface area contributed by atoms with Gasteiger partial charge in [0.25, 0.3) is 0 Å². The van der Waals surface area contributed by atoms with E-state index in [1.807, 2.05) is 0 Å². The number of rotatable bonds is 2. The second-order valence-electron chi connectivity index (χ2n) is 3.77. The van der Waals surface area contributed by atoms with Crippen LogP contribution in [-0.4, -0.2) is 25.0 Å². The van der Waals surface area contributed by atoms with Gasteiger partial charge >= 0.3 is 0 Å². The van der Waals surface area contributed by atoms with E-state index >= 15 is 0 Å². The minimum Gasteiger partial charge on any atom is -0.330 e. The lowest BCUT2D eigenvalue weighted by Crippen LogP contribution is -2.24. The van der Waals surface area contributed by atoms with Gasteiger partial charge in [-0.25, -0.2) is 0 Å². The van der Waals surface area contributed by atoms with Crippen LogP contribution in [0.15, 0.2) is 16.8 Å². The van der Waals surface area contributed by atoms with Crippen LogP contribution in [0, 0.1) is 5.92 Å². The molecule has 2 heterocycles. The van der Waals surface area contributed by atoms with Crippen molar-refractivity contribution in [1.29, 1.82) is 0 Å². The smallest absolute Gasteiger partial charge is 0.0393 e. The van der Waals surface area contributed by atoms with Crippen LogP contribution in [0.1, 0.15) is 18.0 Å². The molecule has 2 rings (SSSR count). The number of hydrogen-bond donors (Lipinski definition) is 1. The van der Waals surface area contributed by atoms with Crippen molar-refractivity contribution in [3.8, 4) is 0 Å². The van der Waals surface area contributed by atoms with E-state index in [1.165, 1.54) is 18.5 Å². The molecule has 0 spiro atoms. The Labute approximate surface area is 83.4 Å². The monoisotopic (exact) mass is 196 g/mol. The van der Waals surface area contributed by atoms with Crippen molar-refractivity contribution in [1.82, 2.24) is 4.90 Å². The van der Waals surface area contributed by atoms with Gasteiger partial charge in [-0.2, -0.15) is 11.3 Å². The molecule has 1 aromatic heterocycles. The Morgan fingerprint density at radius 2 is 2.54 bits per heavy atom. The highest BCUT2D eigenvalue weighted by Gasteiger charge is 2.31. The number of thiophene rings is 1. The fourth-order valence-electron chi connectivity index (χ4n) is 2.24. The summed E-state index contributed by atoms with van der Waals surface area (Å²) in [6.45, 7) is 1.99. The second kappa shape index (κ2) is 3.78. The second-order valence-corrected chi connectivity index (χ2v) is 4.55. The lowest BCUT2D eigenvalue weighted by molar-refractivity contribution is 0.280. The molecule has 0 saturated carbocycles. The number of nitrogens with zero attached hydrogens (tertiary/aromatic N) is 1. The van der Waals surface area contributed by atoms with Crippen LogP contribution >= 0.6 is 11.3 Å². The number of nitrogens with two attached hydrogens (primary N) is 1. The third-order valence-electron chi connectivity index (χ3n) is 2.96. The van der Waals surface area contributed by atoms with Crippen molar-refractivity contribution >= 4 is 11.3 Å². The maximum Gasteiger partial charge on any atom is 0.0393 e. The molecule has 1 aromatic rings. The molecular formula is C10H16N2S. The lowest BCUT2D eigenvalue weighted by Gasteiger charge is -2.23. The van der Waals surface area contributed by atoms with Crippen molar-refractivity contribution in [3.63, 3.8) is 0 Å². The molecule has 1 fully saturated rings. The summed E-state index contributed by atoms with van der Waals surface area (Å²) in [6.07, 6.45) is 1.24. The average Bonchev–Trinajstić information content (AvgIpc) is 2.72. The van der Waals surface area contributed by atoms with Crippen molar-refractivity contribution in [2.45, 2.75) is 12.5 Å². The first-order valence-electron chi connectivity index (χ1n) is 4.75. The Kier molecular flexibility index (Phi) is 2.67. The Morgan fingerprint density at radius 1 is 1.69 bits per heavy atom. The molecule has 0 aliphatic carbocycles. The highest BCUT2D eigenvalue weighted by molar-refractivity contribution is 7.07. The average molecular weight is 196 g/mol. The van der Waals surface area contributed by atoms with Crippen molar-refractivity contribution in [3.05, 3.63) is 22.4 Å². The summed E-state index contributed by atoms with van der Waals surface area (Å²) in [6, 6.07) is 2.79. The van der Waals surface area contributed by atoms with Gasteiger partial charge in [0.2, 0.25) is 0 Å². The summed E-state index contributed by atoms with van der Waals surface area (Å²) in [5.74, 6) is 0.652. The van der Waals surface area contributed by atoms with E-state index in [-0.39, 0.29) is 0 Å². The lowest BCUT2D eigenvalue weighted by atomic mass is 9.96. The van der Waals surface area contributed by atoms with Gasteiger partial charge in [-0.15, -0.1) is 0 Å². The number of likely N-dealkylation sites (tertiary alicyclic amines) is 1. The molecule has 0 aromatic carbocycles. The molecule has 3 heteroatoms. The zero-order chi connectivity index (χ0) is 9.26. The number of hydrogen-bond acceptors (Lipinski definition) is 3. The van der Waals surface area contributed by atoms with E-state index < -0.39 is 0 Å². The van der Waals surface area contributed by atoms with E-state index in [1.54, 1.807) is 11.3 Å². The van der Waals surface area contributed by atoms with Crippen molar-refractivity contribution < 1.29 is 0 Å². The first kappa shape index (κ1) is 9.19. The van der Waals surface area contributed by atoms with Crippen molar-refractivity contribution in [2.24, 2.45) is 11.7 Å². The Hall–Kier alpha value is -0.380. The highest BCUT2D eigenvalue weighted by Crippen LogP contribution is 2.36. The first-order valence-corrected chi connectivity index (χ1v) is 5.69. The summed E-state index contributed by atoms with van der Waals surface area (Å²) in [5, 5.41) is 4.39. The van der Waals surface area contributed by atoms with Gasteiger partial charge in [-0.3, -0.25) is 4.90 Å². The van der Waals surface area contributed by atoms with E-state index in [4.69, 9.17) is 5.73 Å². The molecule has 1 aliphatic rings. The highest BCUT2D eigenvalue weighted by atomic mass is 32.1. The Balaban J connectivity index is 2.20. The fourth-order valence-corrected chi connectivity index (χ4v) is 2.93. The molecule has 72 valence electrons. The van der Waals surface area contributed by atoms with Crippen LogP contribution < -0.4 is 5.73 Å². The molecule has 0 bridgehead atoms. The van der Waals surface area contributed by atoms with Crippen molar-refractivity contribution in [2.75, 3.05) is 20.1 Å². The van der Waals surface area contributed by atoms with Crippen LogP contribution in [0.25, 0.3) is 0 Å². The van der Waals surface area contributed by atoms with Gasteiger partial charge < -0.3 is 5.73 Å². The summed E-state index contributed by atoms with van der Waals surface area (Å²) in [7, 11) is 2.19. The van der Waals surface area contributed by atoms with E-state index in [2.05, 4.69) is 28.8 Å². The van der Waals surface area contributed by atoms with Crippen LogP contribution in [0.2, 0.25) is 0 Å². The van der Waals surface area contributed by atoms with Crippen LogP contribution in [0.4, 0.5) is 0 Å². The summed E-state index contributed by atoms with van der Waals surface area (Å²) in [4.78, 5) is 2.42. The maximum absolute atomic E-state index is 5.77. The molecular weight excluding hydrogens is 180 g/mol. The Morgan fingerprint density at radius 3 is 3.15 bits per heavy atom. The molecule has 1 saturated heterocycles. The van der Waals surface area contributed by atoms with E-state index in [9.17, 15) is 0 Å². The molecule has 0 amide bonds. The summed E-state index contributed by atoms with van der Waals surface area (Å²) >= 11 is 1.77. The third-order valence-corrected chi connectivity index (χ3v) is 3.66. The van der Waals surface area contributed by atoms with Gasteiger partial charge in [-0.05, 0) is 54.9 Å². The van der Waals surface area contributed by atoms with Crippen LogP contribution in [0.3, 0.4) is 0 Å². The topological polar surface area (TPSA) is 29.3 Å². The maximum atomic E-state index is 5.77. The van der Waals surface area contributed by atoms with Gasteiger partial charge in [0.1, 0.15) is 0 Å². The SMILES string of the molecule is CN1CCC(CN)C1c1ccsc1. The first-order chi connectivity index (χ1) is 6.33. The minimum atomic E-state index is 0.566. The molecule has 2 atom stereocenters. The molecule has 13 heavy (non-hydrogen) atoms. The fraction of sp³-hybridized carbons (Fsp3) is 0.600. The normalized spacial score (nSPS) is 29.7. The molecule has 2 N–H and O–H groups in total. The molecule has 2 nitrogen and oxygen atoms in total. The van der Waals surface area contributed by atoms with Gasteiger partial charge in [0.15, 0.2) is 0 Å². The summed E-state index contributed by atoms with van der Waals surface area (Å²) < 4.78 is 0. The van der Waals surface area contributed by atoms with Gasteiger partial charge in [0.05, 0.1) is 0 Å². The molecule has 0 radical (unpaired) electrons. The zero-order valence-corrected chi connectivity index (χ0v) is 8.76. The Bertz CT molecular complexity index is 258. The molecule has 2 unspecified atom stereocenters. The minimum absolute atomic E-state index is 0.566. The molecule has 1 aliphatic heterocycles. The van der Waals surface area contributed by atoms with Crippen LogP contribution in [-0.2, 0) is 0 Å². The predicted molar refractivity (Wildman–Crippen MR) is 56.9 cm³/mol. The third kappa shape index (κ3) is 1.64. The largest absolute Gasteiger partial charge is 0.330 e. The van der Waals surface area contributed by atoms with Gasteiger partial charge in [0, 0.05) is 6.04 Å². The quantitative estimate of drug-likeness (QED) is 0.780. The van der Waals surface area contributed by atoms with Gasteiger partial charge in [-0.1, -0.05) is 0 Å². The van der Waals surface area contributed by atoms with E-state index in [0.717, 1.165) is 6.54 Å².